The lowest BCUT2D eigenvalue weighted by Crippen LogP contribution is -2.45. The minimum Gasteiger partial charge on any atom is -0.491 e. The Morgan fingerprint density at radius 2 is 1.71 bits per heavy atom. The second-order valence-electron chi connectivity index (χ2n) is 8.83. The van der Waals surface area contributed by atoms with E-state index in [1.807, 2.05) is 0 Å². The summed E-state index contributed by atoms with van der Waals surface area (Å²) in [4.78, 5) is 29.6. The number of carbonyl (C=O) groups is 2. The molecule has 2 aromatic carbocycles. The molecule has 8 nitrogen and oxygen atoms in total. The molecular formula is C25H33ClN4O4. The summed E-state index contributed by atoms with van der Waals surface area (Å²) in [6.45, 7) is 5.87. The molecule has 0 saturated heterocycles. The number of benzene rings is 2. The molecule has 2 N–H and O–H groups in total. The van der Waals surface area contributed by atoms with Crippen LogP contribution < -0.4 is 15.4 Å². The second kappa shape index (κ2) is 11.6. The zero-order chi connectivity index (χ0) is 24.8. The van der Waals surface area contributed by atoms with Crippen LogP contribution in [0.1, 0.15) is 24.2 Å². The van der Waals surface area contributed by atoms with E-state index < -0.39 is 6.03 Å². The first-order chi connectivity index (χ1) is 16.2. The first-order valence-corrected chi connectivity index (χ1v) is 11.6. The first kappa shape index (κ1) is 25.8. The van der Waals surface area contributed by atoms with Crippen LogP contribution in [-0.2, 0) is 4.74 Å². The average molecular weight is 489 g/mol. The van der Waals surface area contributed by atoms with Crippen molar-refractivity contribution in [2.45, 2.75) is 26.0 Å². The van der Waals surface area contributed by atoms with Crippen LogP contribution >= 0.6 is 11.6 Å². The Bertz CT molecular complexity index is 1000. The molecular weight excluding hydrogens is 456 g/mol. The normalized spacial score (nSPS) is 22.1. The SMILES string of the molecule is CO[C@@H]1CN(C)C(=O)c2ccc(NC(=O)Nc3ccc(Cl)cc3)cc2OC[C@H](C)N(C)C[C@H]1C. The number of hydrogen-bond acceptors (Lipinski definition) is 5. The van der Waals surface area contributed by atoms with Crippen molar-refractivity contribution >= 4 is 34.9 Å². The van der Waals surface area contributed by atoms with Gasteiger partial charge in [0, 0.05) is 55.8 Å². The minimum absolute atomic E-state index is 0.0927. The van der Waals surface area contributed by atoms with Crippen molar-refractivity contribution in [2.24, 2.45) is 5.92 Å². The van der Waals surface area contributed by atoms with Gasteiger partial charge in [0.1, 0.15) is 12.4 Å². The molecule has 0 saturated carbocycles. The van der Waals surface area contributed by atoms with Crippen molar-refractivity contribution in [1.29, 1.82) is 0 Å². The Balaban J connectivity index is 1.82. The lowest BCUT2D eigenvalue weighted by molar-refractivity contribution is 0.0150. The summed E-state index contributed by atoms with van der Waals surface area (Å²) in [5.41, 5.74) is 1.56. The van der Waals surface area contributed by atoms with Crippen LogP contribution in [0, 0.1) is 5.92 Å². The molecule has 3 atom stereocenters. The van der Waals surface area contributed by atoms with E-state index in [1.165, 1.54) is 0 Å². The number of carbonyl (C=O) groups excluding carboxylic acids is 2. The fourth-order valence-corrected chi connectivity index (χ4v) is 3.98. The number of nitrogens with one attached hydrogen (secondary N) is 2. The smallest absolute Gasteiger partial charge is 0.323 e. The second-order valence-corrected chi connectivity index (χ2v) is 9.27. The largest absolute Gasteiger partial charge is 0.491 e. The van der Waals surface area contributed by atoms with Gasteiger partial charge in [-0.3, -0.25) is 9.69 Å². The quantitative estimate of drug-likeness (QED) is 0.668. The first-order valence-electron chi connectivity index (χ1n) is 11.3. The van der Waals surface area contributed by atoms with Gasteiger partial charge in [-0.25, -0.2) is 4.79 Å². The standard InChI is InChI=1S/C25H33ClN4O4/c1-16-13-29(3)17(2)15-34-22-12-20(28-25(32)27-19-8-6-18(26)7-9-19)10-11-21(22)24(31)30(4)14-23(16)33-5/h6-12,16-17,23H,13-15H2,1-5H3,(H2,27,28,32)/t16-,17+,23-/m1/s1. The van der Waals surface area contributed by atoms with Crippen LogP contribution in [0.2, 0.25) is 5.02 Å². The number of nitrogens with zero attached hydrogens (tertiary/aromatic N) is 2. The van der Waals surface area contributed by atoms with Crippen molar-refractivity contribution < 1.29 is 19.1 Å². The van der Waals surface area contributed by atoms with E-state index in [9.17, 15) is 9.59 Å². The Kier molecular flexibility index (Phi) is 8.77. The summed E-state index contributed by atoms with van der Waals surface area (Å²) in [5.74, 6) is 0.490. The Labute approximate surface area is 206 Å². The highest BCUT2D eigenvalue weighted by molar-refractivity contribution is 6.30. The number of amides is 3. The molecule has 2 aromatic rings. The summed E-state index contributed by atoms with van der Waals surface area (Å²) in [6.07, 6.45) is -0.0927. The van der Waals surface area contributed by atoms with Gasteiger partial charge in [0.2, 0.25) is 0 Å². The molecule has 0 fully saturated rings. The van der Waals surface area contributed by atoms with Gasteiger partial charge in [-0.1, -0.05) is 18.5 Å². The highest BCUT2D eigenvalue weighted by atomic mass is 35.5. The molecule has 0 radical (unpaired) electrons. The number of urea groups is 1. The van der Waals surface area contributed by atoms with E-state index in [-0.39, 0.29) is 24.0 Å². The fraction of sp³-hybridized carbons (Fsp3) is 0.440. The number of likely N-dealkylation sites (N-methyl/N-ethyl adjacent to an activating group) is 2. The molecule has 1 aliphatic heterocycles. The Morgan fingerprint density at radius 3 is 2.38 bits per heavy atom. The third-order valence-electron chi connectivity index (χ3n) is 6.12. The van der Waals surface area contributed by atoms with Crippen molar-refractivity contribution in [1.82, 2.24) is 9.80 Å². The zero-order valence-electron chi connectivity index (χ0n) is 20.3. The van der Waals surface area contributed by atoms with Crippen LogP contribution in [0.3, 0.4) is 0 Å². The van der Waals surface area contributed by atoms with Crippen molar-refractivity contribution in [2.75, 3.05) is 51.5 Å². The monoisotopic (exact) mass is 488 g/mol. The van der Waals surface area contributed by atoms with Gasteiger partial charge >= 0.3 is 6.03 Å². The zero-order valence-corrected chi connectivity index (χ0v) is 21.1. The summed E-state index contributed by atoms with van der Waals surface area (Å²) in [6, 6.07) is 11.6. The van der Waals surface area contributed by atoms with Crippen LogP contribution in [0.5, 0.6) is 5.75 Å². The van der Waals surface area contributed by atoms with Gasteiger partial charge in [0.25, 0.3) is 5.91 Å². The Hall–Kier alpha value is -2.81. The lowest BCUT2D eigenvalue weighted by Gasteiger charge is -2.34. The van der Waals surface area contributed by atoms with Crippen LogP contribution in [0.4, 0.5) is 16.2 Å². The van der Waals surface area contributed by atoms with Gasteiger partial charge < -0.3 is 25.0 Å². The number of anilines is 2. The maximum Gasteiger partial charge on any atom is 0.323 e. The molecule has 3 amide bonds. The van der Waals surface area contributed by atoms with E-state index in [1.54, 1.807) is 61.5 Å². The number of methoxy groups -OCH3 is 1. The van der Waals surface area contributed by atoms with Gasteiger partial charge in [0.05, 0.1) is 11.7 Å². The third kappa shape index (κ3) is 6.62. The number of ether oxygens (including phenoxy) is 2. The number of rotatable bonds is 3. The van der Waals surface area contributed by atoms with E-state index in [2.05, 4.69) is 36.4 Å². The summed E-state index contributed by atoms with van der Waals surface area (Å²) in [5, 5.41) is 6.13. The highest BCUT2D eigenvalue weighted by Crippen LogP contribution is 2.27. The van der Waals surface area contributed by atoms with Gasteiger partial charge in [-0.15, -0.1) is 0 Å². The van der Waals surface area contributed by atoms with Gasteiger partial charge in [0.15, 0.2) is 0 Å². The molecule has 1 aliphatic rings. The fourth-order valence-electron chi connectivity index (χ4n) is 3.86. The summed E-state index contributed by atoms with van der Waals surface area (Å²) < 4.78 is 11.8. The van der Waals surface area contributed by atoms with Gasteiger partial charge in [-0.05, 0) is 56.3 Å². The third-order valence-corrected chi connectivity index (χ3v) is 6.37. The van der Waals surface area contributed by atoms with E-state index in [0.29, 0.717) is 40.9 Å². The van der Waals surface area contributed by atoms with Crippen LogP contribution in [0.15, 0.2) is 42.5 Å². The van der Waals surface area contributed by atoms with Crippen molar-refractivity contribution in [3.63, 3.8) is 0 Å². The van der Waals surface area contributed by atoms with Crippen LogP contribution in [0.25, 0.3) is 0 Å². The highest BCUT2D eigenvalue weighted by Gasteiger charge is 2.27. The van der Waals surface area contributed by atoms with Gasteiger partial charge in [-0.2, -0.15) is 0 Å². The number of halogens is 1. The molecule has 9 heteroatoms. The molecule has 0 aliphatic carbocycles. The number of fused-ring (bicyclic) bond motifs is 1. The van der Waals surface area contributed by atoms with Crippen LogP contribution in [-0.4, -0.2) is 74.8 Å². The van der Waals surface area contributed by atoms with E-state index >= 15 is 0 Å². The molecule has 1 heterocycles. The summed E-state index contributed by atoms with van der Waals surface area (Å²) in [7, 11) is 5.49. The topological polar surface area (TPSA) is 83.1 Å². The maximum atomic E-state index is 13.2. The molecule has 3 rings (SSSR count). The predicted molar refractivity (Wildman–Crippen MR) is 135 cm³/mol. The Morgan fingerprint density at radius 1 is 1.06 bits per heavy atom. The number of hydrogen-bond donors (Lipinski definition) is 2. The lowest BCUT2D eigenvalue weighted by atomic mass is 10.0. The molecule has 0 spiro atoms. The molecule has 0 aromatic heterocycles. The van der Waals surface area contributed by atoms with E-state index in [0.717, 1.165) is 6.54 Å². The molecule has 0 unspecified atom stereocenters. The van der Waals surface area contributed by atoms with E-state index in [4.69, 9.17) is 21.1 Å². The average Bonchev–Trinajstić information content (AvgIpc) is 2.81. The maximum absolute atomic E-state index is 13.2. The van der Waals surface area contributed by atoms with Crippen molar-refractivity contribution in [3.05, 3.63) is 53.1 Å². The predicted octanol–water partition coefficient (Wildman–Crippen LogP) is 4.42. The molecule has 184 valence electrons. The summed E-state index contributed by atoms with van der Waals surface area (Å²) >= 11 is 5.89. The molecule has 34 heavy (non-hydrogen) atoms. The molecule has 0 bridgehead atoms. The minimum atomic E-state index is -0.413. The van der Waals surface area contributed by atoms with Crippen molar-refractivity contribution in [3.8, 4) is 5.75 Å².